The van der Waals surface area contributed by atoms with Gasteiger partial charge in [0.15, 0.2) is 0 Å². The van der Waals surface area contributed by atoms with Crippen LogP contribution in [0, 0.1) is 17.8 Å². The molecule has 3 aromatic carbocycles. The van der Waals surface area contributed by atoms with Crippen molar-refractivity contribution in [1.82, 2.24) is 14.9 Å². The zero-order chi connectivity index (χ0) is 26.5. The second kappa shape index (κ2) is 7.99. The van der Waals surface area contributed by atoms with Crippen molar-refractivity contribution in [3.63, 3.8) is 0 Å². The first-order valence-corrected chi connectivity index (χ1v) is 13.2. The van der Waals surface area contributed by atoms with Crippen molar-refractivity contribution >= 4 is 51.6 Å². The Morgan fingerprint density at radius 1 is 0.895 bits per heavy atom. The largest absolute Gasteiger partial charge is 0.296 e. The lowest BCUT2D eigenvalue weighted by Gasteiger charge is -2.32. The van der Waals surface area contributed by atoms with E-state index in [-0.39, 0.29) is 39.2 Å². The standard InChI is InChI=1S/C29H22Cl2N4O3/c1-14(2)24-21-22(27(38)34(26(21)37)20-13-7-10-17(30)23(20)31)29(33-24)16-9-4-6-12-19(16)35-25(36)15-8-3-5-11-18(15)32-28(29)35/h3-14,21-22,24,33H,1-2H3. The zero-order valence-corrected chi connectivity index (χ0v) is 22.0. The van der Waals surface area contributed by atoms with Gasteiger partial charge in [0.05, 0.1) is 44.2 Å². The van der Waals surface area contributed by atoms with Gasteiger partial charge in [0, 0.05) is 11.6 Å². The minimum atomic E-state index is -1.19. The van der Waals surface area contributed by atoms with Gasteiger partial charge in [0.1, 0.15) is 11.4 Å². The van der Waals surface area contributed by atoms with Crippen LogP contribution in [-0.4, -0.2) is 27.4 Å². The highest BCUT2D eigenvalue weighted by Crippen LogP contribution is 2.57. The topological polar surface area (TPSA) is 84.3 Å². The highest BCUT2D eigenvalue weighted by molar-refractivity contribution is 6.45. The van der Waals surface area contributed by atoms with Crippen LogP contribution >= 0.6 is 23.2 Å². The fourth-order valence-electron chi connectivity index (χ4n) is 6.63. The van der Waals surface area contributed by atoms with E-state index >= 15 is 0 Å². The maximum atomic E-state index is 14.4. The molecule has 4 heterocycles. The van der Waals surface area contributed by atoms with Gasteiger partial charge in [0.2, 0.25) is 11.8 Å². The number of carbonyl (C=O) groups is 2. The summed E-state index contributed by atoms with van der Waals surface area (Å²) in [6, 6.07) is 19.2. The maximum absolute atomic E-state index is 14.4. The molecule has 3 aliphatic rings. The Kier molecular flexibility index (Phi) is 4.96. The van der Waals surface area contributed by atoms with Gasteiger partial charge in [-0.2, -0.15) is 0 Å². The van der Waals surface area contributed by atoms with E-state index in [0.29, 0.717) is 22.4 Å². The Labute approximate surface area is 228 Å². The second-order valence-corrected chi connectivity index (χ2v) is 11.2. The van der Waals surface area contributed by atoms with E-state index in [1.165, 1.54) is 4.90 Å². The van der Waals surface area contributed by atoms with Gasteiger partial charge >= 0.3 is 0 Å². The van der Waals surface area contributed by atoms with Crippen LogP contribution < -0.4 is 15.8 Å². The summed E-state index contributed by atoms with van der Waals surface area (Å²) in [5, 5.41) is 4.57. The maximum Gasteiger partial charge on any atom is 0.266 e. The molecule has 0 radical (unpaired) electrons. The van der Waals surface area contributed by atoms with Gasteiger partial charge in [-0.1, -0.05) is 73.4 Å². The number of benzene rings is 3. The monoisotopic (exact) mass is 544 g/mol. The zero-order valence-electron chi connectivity index (χ0n) is 20.5. The highest BCUT2D eigenvalue weighted by Gasteiger charge is 2.70. The fourth-order valence-corrected chi connectivity index (χ4v) is 7.01. The first kappa shape index (κ1) is 23.6. The number of imide groups is 1. The summed E-state index contributed by atoms with van der Waals surface area (Å²) < 4.78 is 1.59. The Morgan fingerprint density at radius 2 is 1.61 bits per heavy atom. The van der Waals surface area contributed by atoms with Gasteiger partial charge in [-0.3, -0.25) is 24.3 Å². The van der Waals surface area contributed by atoms with E-state index in [1.54, 1.807) is 41.0 Å². The van der Waals surface area contributed by atoms with E-state index in [4.69, 9.17) is 28.2 Å². The molecule has 7 rings (SSSR count). The number of fused-ring (bicyclic) bond motifs is 8. The molecule has 7 nitrogen and oxygen atoms in total. The summed E-state index contributed by atoms with van der Waals surface area (Å²) in [6.45, 7) is 4.03. The third kappa shape index (κ3) is 2.79. The molecule has 0 saturated carbocycles. The van der Waals surface area contributed by atoms with Crippen LogP contribution in [0.15, 0.2) is 71.5 Å². The quantitative estimate of drug-likeness (QED) is 0.370. The molecule has 1 spiro atoms. The van der Waals surface area contributed by atoms with Crippen molar-refractivity contribution in [1.29, 1.82) is 0 Å². The number of halogens is 2. The molecule has 1 N–H and O–H groups in total. The number of para-hydroxylation sites is 2. The van der Waals surface area contributed by atoms with Gasteiger partial charge in [-0.25, -0.2) is 9.88 Å². The van der Waals surface area contributed by atoms with Crippen molar-refractivity contribution in [3.05, 3.63) is 98.5 Å². The Bertz CT molecular complexity index is 1770. The van der Waals surface area contributed by atoms with Crippen molar-refractivity contribution < 1.29 is 9.59 Å². The van der Waals surface area contributed by atoms with E-state index in [0.717, 1.165) is 5.56 Å². The number of rotatable bonds is 2. The number of nitrogens with one attached hydrogen (secondary N) is 1. The first-order valence-electron chi connectivity index (χ1n) is 12.5. The minimum Gasteiger partial charge on any atom is -0.296 e. The summed E-state index contributed by atoms with van der Waals surface area (Å²) >= 11 is 12.8. The van der Waals surface area contributed by atoms with Crippen LogP contribution in [0.5, 0.6) is 0 Å². The fraction of sp³-hybridized carbons (Fsp3) is 0.241. The molecule has 4 unspecified atom stereocenters. The lowest BCUT2D eigenvalue weighted by Crippen LogP contribution is -2.51. The smallest absolute Gasteiger partial charge is 0.266 e. The molecule has 4 aromatic rings. The number of aromatic nitrogens is 2. The summed E-state index contributed by atoms with van der Waals surface area (Å²) in [7, 11) is 0. The molecular formula is C29H22Cl2N4O3. The third-order valence-corrected chi connectivity index (χ3v) is 9.00. The van der Waals surface area contributed by atoms with Crippen LogP contribution in [0.4, 0.5) is 5.69 Å². The average molecular weight is 545 g/mol. The number of nitrogens with zero attached hydrogens (tertiary/aromatic N) is 3. The average Bonchev–Trinajstić information content (AvgIpc) is 3.50. The van der Waals surface area contributed by atoms with Gasteiger partial charge in [-0.15, -0.1) is 0 Å². The number of amides is 2. The Hall–Kier alpha value is -3.52. The number of hydrogen-bond acceptors (Lipinski definition) is 5. The van der Waals surface area contributed by atoms with Crippen LogP contribution in [0.2, 0.25) is 10.0 Å². The van der Waals surface area contributed by atoms with Crippen molar-refractivity contribution in [2.45, 2.75) is 25.4 Å². The molecule has 4 atom stereocenters. The summed E-state index contributed by atoms with van der Waals surface area (Å²) in [5.41, 5.74) is 0.795. The lowest BCUT2D eigenvalue weighted by atomic mass is 9.75. The molecular weight excluding hydrogens is 523 g/mol. The van der Waals surface area contributed by atoms with Crippen LogP contribution in [-0.2, 0) is 15.1 Å². The molecule has 0 bridgehead atoms. The summed E-state index contributed by atoms with van der Waals surface area (Å²) in [4.78, 5) is 48.5. The van der Waals surface area contributed by atoms with E-state index in [9.17, 15) is 14.4 Å². The summed E-state index contributed by atoms with van der Waals surface area (Å²) in [5.74, 6) is -1.86. The molecule has 190 valence electrons. The van der Waals surface area contributed by atoms with Crippen LogP contribution in [0.1, 0.15) is 25.2 Å². The predicted molar refractivity (Wildman–Crippen MR) is 146 cm³/mol. The minimum absolute atomic E-state index is 0.00167. The summed E-state index contributed by atoms with van der Waals surface area (Å²) in [6.07, 6.45) is 0. The molecule has 2 fully saturated rings. The normalized spacial score (nSPS) is 25.5. The molecule has 2 amide bonds. The lowest BCUT2D eigenvalue weighted by molar-refractivity contribution is -0.123. The van der Waals surface area contributed by atoms with E-state index in [1.807, 2.05) is 44.2 Å². The number of anilines is 1. The number of carbonyl (C=O) groups excluding carboxylic acids is 2. The Balaban J connectivity index is 1.54. The van der Waals surface area contributed by atoms with Crippen LogP contribution in [0.3, 0.4) is 0 Å². The molecule has 0 aliphatic carbocycles. The molecule has 38 heavy (non-hydrogen) atoms. The van der Waals surface area contributed by atoms with Gasteiger partial charge in [-0.05, 0) is 36.2 Å². The van der Waals surface area contributed by atoms with Crippen molar-refractivity contribution in [2.24, 2.45) is 17.8 Å². The molecule has 3 aliphatic heterocycles. The molecule has 9 heteroatoms. The molecule has 1 aromatic heterocycles. The van der Waals surface area contributed by atoms with Gasteiger partial charge in [0.25, 0.3) is 5.56 Å². The second-order valence-electron chi connectivity index (χ2n) is 10.4. The Morgan fingerprint density at radius 3 is 2.39 bits per heavy atom. The molecule has 2 saturated heterocycles. The highest BCUT2D eigenvalue weighted by atomic mass is 35.5. The first-order chi connectivity index (χ1) is 18.3. The SMILES string of the molecule is CC(C)C1NC2(c3ccccc3-n3c2nc2ccccc2c3=O)C2C(=O)N(c3cccc(Cl)c3Cl)C(=O)C12. The number of hydrogen-bond donors (Lipinski definition) is 1. The van der Waals surface area contributed by atoms with Crippen molar-refractivity contribution in [3.8, 4) is 5.69 Å². The predicted octanol–water partition coefficient (Wildman–Crippen LogP) is 4.68. The third-order valence-electron chi connectivity index (χ3n) is 8.19. The van der Waals surface area contributed by atoms with Crippen LogP contribution in [0.25, 0.3) is 16.6 Å². The van der Waals surface area contributed by atoms with Gasteiger partial charge < -0.3 is 0 Å². The van der Waals surface area contributed by atoms with Crippen molar-refractivity contribution in [2.75, 3.05) is 4.90 Å². The van der Waals surface area contributed by atoms with E-state index < -0.39 is 23.3 Å². The van der Waals surface area contributed by atoms with E-state index in [2.05, 4.69) is 5.32 Å².